The van der Waals surface area contributed by atoms with Crippen LogP contribution in [-0.2, 0) is 10.0 Å². The molecule has 0 radical (unpaired) electrons. The summed E-state index contributed by atoms with van der Waals surface area (Å²) in [5.74, 6) is 2.31. The summed E-state index contributed by atoms with van der Waals surface area (Å²) in [6.45, 7) is 4.56. The topological polar surface area (TPSA) is 87.2 Å². The zero-order valence-electron chi connectivity index (χ0n) is 13.8. The monoisotopic (exact) mass is 401 g/mol. The fraction of sp³-hybridized carbons (Fsp3) is 0.467. The highest BCUT2D eigenvalue weighted by atomic mass is 35.5. The van der Waals surface area contributed by atoms with Crippen molar-refractivity contribution >= 4 is 44.6 Å². The van der Waals surface area contributed by atoms with Crippen LogP contribution in [0.15, 0.2) is 22.4 Å². The number of aromatic nitrogens is 2. The largest absolute Gasteiger partial charge is 0.369 e. The molecule has 2 aromatic rings. The van der Waals surface area contributed by atoms with E-state index in [2.05, 4.69) is 24.9 Å². The minimum absolute atomic E-state index is 0.215. The number of thiophene rings is 1. The molecule has 0 bridgehead atoms. The number of sulfonamides is 1. The number of hydrogen-bond donors (Lipinski definition) is 2. The van der Waals surface area contributed by atoms with Gasteiger partial charge in [-0.15, -0.1) is 11.3 Å². The minimum atomic E-state index is -3.52. The first-order valence-electron chi connectivity index (χ1n) is 8.03. The van der Waals surface area contributed by atoms with E-state index in [0.717, 1.165) is 30.2 Å². The highest BCUT2D eigenvalue weighted by Gasteiger charge is 2.17. The predicted octanol–water partition coefficient (Wildman–Crippen LogP) is 2.49. The third-order valence-corrected chi connectivity index (χ3v) is 6.98. The maximum absolute atomic E-state index is 12.1. The maximum Gasteiger partial charge on any atom is 0.250 e. The summed E-state index contributed by atoms with van der Waals surface area (Å²) in [6, 6.07) is 4.98. The van der Waals surface area contributed by atoms with E-state index < -0.39 is 10.0 Å². The molecule has 1 aliphatic rings. The smallest absolute Gasteiger partial charge is 0.250 e. The number of rotatable bonds is 7. The van der Waals surface area contributed by atoms with Gasteiger partial charge in [0.25, 0.3) is 0 Å². The predicted molar refractivity (Wildman–Crippen MR) is 101 cm³/mol. The third-order valence-electron chi connectivity index (χ3n) is 3.79. The van der Waals surface area contributed by atoms with Gasteiger partial charge >= 0.3 is 0 Å². The van der Waals surface area contributed by atoms with Crippen LogP contribution in [0.4, 0.5) is 11.6 Å². The van der Waals surface area contributed by atoms with Gasteiger partial charge in [-0.1, -0.05) is 11.6 Å². The lowest BCUT2D eigenvalue weighted by Crippen LogP contribution is -2.28. The van der Waals surface area contributed by atoms with E-state index >= 15 is 0 Å². The zero-order valence-corrected chi connectivity index (χ0v) is 16.2. The SMILES string of the molecule is Cc1nc(NCCNS(=O)(=O)c2ccc(Cl)s2)cc(N2CCCC2)n1. The number of anilines is 2. The van der Waals surface area contributed by atoms with Crippen molar-refractivity contribution in [1.29, 1.82) is 0 Å². The highest BCUT2D eigenvalue weighted by molar-refractivity contribution is 7.91. The van der Waals surface area contributed by atoms with Gasteiger partial charge in [0, 0.05) is 32.2 Å². The van der Waals surface area contributed by atoms with Crippen LogP contribution >= 0.6 is 22.9 Å². The molecule has 0 spiro atoms. The maximum atomic E-state index is 12.1. The van der Waals surface area contributed by atoms with Crippen LogP contribution in [0.2, 0.25) is 4.34 Å². The summed E-state index contributed by atoms with van der Waals surface area (Å²) >= 11 is 6.82. The molecule has 3 heterocycles. The summed E-state index contributed by atoms with van der Waals surface area (Å²) < 4.78 is 27.5. The van der Waals surface area contributed by atoms with Crippen molar-refractivity contribution in [2.45, 2.75) is 24.0 Å². The van der Waals surface area contributed by atoms with Crippen molar-refractivity contribution in [1.82, 2.24) is 14.7 Å². The second-order valence-electron chi connectivity index (χ2n) is 5.74. The molecule has 25 heavy (non-hydrogen) atoms. The van der Waals surface area contributed by atoms with Gasteiger partial charge in [-0.25, -0.2) is 23.1 Å². The second kappa shape index (κ2) is 7.86. The number of nitrogens with zero attached hydrogens (tertiary/aromatic N) is 3. The second-order valence-corrected chi connectivity index (χ2v) is 9.44. The number of nitrogens with one attached hydrogen (secondary N) is 2. The lowest BCUT2D eigenvalue weighted by molar-refractivity contribution is 0.585. The van der Waals surface area contributed by atoms with Gasteiger partial charge in [0.1, 0.15) is 21.7 Å². The number of halogens is 1. The Hall–Kier alpha value is -1.42. The molecule has 2 aromatic heterocycles. The van der Waals surface area contributed by atoms with Crippen molar-refractivity contribution in [3.05, 3.63) is 28.4 Å². The normalized spacial score (nSPS) is 14.9. The minimum Gasteiger partial charge on any atom is -0.369 e. The molecule has 0 aliphatic carbocycles. The van der Waals surface area contributed by atoms with Crippen LogP contribution in [-0.4, -0.2) is 44.6 Å². The molecule has 0 atom stereocenters. The lowest BCUT2D eigenvalue weighted by atomic mass is 10.4. The van der Waals surface area contributed by atoms with E-state index in [9.17, 15) is 8.42 Å². The Balaban J connectivity index is 1.55. The Bertz CT molecular complexity index is 834. The highest BCUT2D eigenvalue weighted by Crippen LogP contribution is 2.25. The molecule has 2 N–H and O–H groups in total. The third kappa shape index (κ3) is 4.81. The molecule has 0 saturated carbocycles. The first-order chi connectivity index (χ1) is 11.9. The van der Waals surface area contributed by atoms with Gasteiger partial charge in [0.2, 0.25) is 10.0 Å². The first-order valence-corrected chi connectivity index (χ1v) is 10.7. The van der Waals surface area contributed by atoms with Crippen LogP contribution in [0.5, 0.6) is 0 Å². The van der Waals surface area contributed by atoms with Gasteiger partial charge in [0.05, 0.1) is 4.34 Å². The molecular weight excluding hydrogens is 382 g/mol. The lowest BCUT2D eigenvalue weighted by Gasteiger charge is -2.17. The molecule has 7 nitrogen and oxygen atoms in total. The van der Waals surface area contributed by atoms with E-state index in [-0.39, 0.29) is 10.8 Å². The molecule has 0 aromatic carbocycles. The van der Waals surface area contributed by atoms with Gasteiger partial charge in [-0.05, 0) is 31.9 Å². The van der Waals surface area contributed by atoms with Crippen LogP contribution in [0.25, 0.3) is 0 Å². The Morgan fingerprint density at radius 1 is 1.24 bits per heavy atom. The summed E-state index contributed by atoms with van der Waals surface area (Å²) in [6.07, 6.45) is 2.36. The molecule has 1 fully saturated rings. The fourth-order valence-electron chi connectivity index (χ4n) is 2.64. The average molecular weight is 402 g/mol. The van der Waals surface area contributed by atoms with Crippen LogP contribution in [0.3, 0.4) is 0 Å². The first kappa shape index (κ1) is 18.4. The van der Waals surface area contributed by atoms with Crippen LogP contribution < -0.4 is 14.9 Å². The van der Waals surface area contributed by atoms with Crippen molar-refractivity contribution < 1.29 is 8.42 Å². The summed E-state index contributed by atoms with van der Waals surface area (Å²) in [4.78, 5) is 11.1. The molecular formula is C15H20ClN5O2S2. The zero-order chi connectivity index (χ0) is 17.9. The standard InChI is InChI=1S/C15H20ClN5O2S2/c1-11-19-13(10-14(20-11)21-8-2-3-9-21)17-6-7-18-25(22,23)15-5-4-12(16)24-15/h4-5,10,18H,2-3,6-9H2,1H3,(H,17,19,20). The summed E-state index contributed by atoms with van der Waals surface area (Å²) in [5, 5.41) is 3.15. The number of hydrogen-bond acceptors (Lipinski definition) is 7. The van der Waals surface area contributed by atoms with Gasteiger partial charge in [-0.2, -0.15) is 0 Å². The Morgan fingerprint density at radius 3 is 2.68 bits per heavy atom. The summed E-state index contributed by atoms with van der Waals surface area (Å²) in [5.41, 5.74) is 0. The molecule has 10 heteroatoms. The average Bonchev–Trinajstić information content (AvgIpc) is 3.23. The van der Waals surface area contributed by atoms with Crippen molar-refractivity contribution in [2.24, 2.45) is 0 Å². The Labute approximate surface area is 156 Å². The van der Waals surface area contributed by atoms with Gasteiger partial charge in [-0.3, -0.25) is 0 Å². The quantitative estimate of drug-likeness (QED) is 0.693. The van der Waals surface area contributed by atoms with Crippen molar-refractivity contribution in [2.75, 3.05) is 36.4 Å². The van der Waals surface area contributed by atoms with Gasteiger partial charge in [0.15, 0.2) is 0 Å². The number of aryl methyl sites for hydroxylation is 1. The molecule has 0 amide bonds. The van der Waals surface area contributed by atoms with E-state index in [1.165, 1.54) is 18.9 Å². The van der Waals surface area contributed by atoms with E-state index in [0.29, 0.717) is 22.5 Å². The van der Waals surface area contributed by atoms with Crippen LogP contribution in [0, 0.1) is 6.92 Å². The molecule has 1 saturated heterocycles. The molecule has 3 rings (SSSR count). The van der Waals surface area contributed by atoms with E-state index in [4.69, 9.17) is 11.6 Å². The Kier molecular flexibility index (Phi) is 5.78. The Morgan fingerprint density at radius 2 is 2.00 bits per heavy atom. The summed E-state index contributed by atoms with van der Waals surface area (Å²) in [7, 11) is -3.52. The van der Waals surface area contributed by atoms with Crippen LogP contribution in [0.1, 0.15) is 18.7 Å². The molecule has 1 aliphatic heterocycles. The van der Waals surface area contributed by atoms with E-state index in [1.807, 2.05) is 13.0 Å². The molecule has 136 valence electrons. The van der Waals surface area contributed by atoms with Crippen molar-refractivity contribution in [3.63, 3.8) is 0 Å². The van der Waals surface area contributed by atoms with E-state index in [1.54, 1.807) is 6.07 Å². The molecule has 0 unspecified atom stereocenters. The van der Waals surface area contributed by atoms with Gasteiger partial charge < -0.3 is 10.2 Å². The fourth-order valence-corrected chi connectivity index (χ4v) is 5.20. The van der Waals surface area contributed by atoms with Crippen molar-refractivity contribution in [3.8, 4) is 0 Å².